The molecule has 100 valence electrons. The van der Waals surface area contributed by atoms with E-state index in [2.05, 4.69) is 0 Å². The van der Waals surface area contributed by atoms with Gasteiger partial charge in [-0.05, 0) is 13.8 Å². The maximum Gasteiger partial charge on any atom is 0.377 e. The van der Waals surface area contributed by atoms with E-state index in [1.54, 1.807) is 19.4 Å². The van der Waals surface area contributed by atoms with E-state index in [-0.39, 0.29) is 5.97 Å². The molecule has 0 aliphatic carbocycles. The van der Waals surface area contributed by atoms with Crippen molar-refractivity contribution in [3.05, 3.63) is 23.5 Å². The molecule has 18 heavy (non-hydrogen) atoms. The minimum Gasteiger partial charge on any atom is -0.550 e. The van der Waals surface area contributed by atoms with Gasteiger partial charge in [0.05, 0.1) is 12.7 Å². The van der Waals surface area contributed by atoms with Crippen molar-refractivity contribution in [3.63, 3.8) is 0 Å². The molecule has 0 fully saturated rings. The van der Waals surface area contributed by atoms with Gasteiger partial charge in [-0.2, -0.15) is 4.84 Å². The molecule has 1 heterocycles. The lowest BCUT2D eigenvalue weighted by molar-refractivity contribution is -0.873. The van der Waals surface area contributed by atoms with Gasteiger partial charge in [0, 0.05) is 30.6 Å². The summed E-state index contributed by atoms with van der Waals surface area (Å²) in [5, 5.41) is 8.89. The Morgan fingerprint density at radius 1 is 1.28 bits per heavy atom. The standard InChI is InChI=1S/C10H14NO3.C2H4O2/c1-7-8(2)11(14-9(3)12)6-5-10(7)13-4;1-2(3)4/h5-6H,1-4H3;1H3,(H,3,4)/q+1;/p-1. The SMILES string of the molecule is CC(=O)[O-].COc1cc[n+](OC(C)=O)c(C)c1C. The monoisotopic (exact) mass is 255 g/mol. The molecule has 0 saturated heterocycles. The molecule has 0 amide bonds. The van der Waals surface area contributed by atoms with Crippen molar-refractivity contribution in [1.82, 2.24) is 0 Å². The third kappa shape index (κ3) is 5.29. The van der Waals surface area contributed by atoms with Gasteiger partial charge >= 0.3 is 5.97 Å². The first-order valence-corrected chi connectivity index (χ1v) is 5.22. The van der Waals surface area contributed by atoms with Crippen LogP contribution in [0.15, 0.2) is 12.3 Å². The molecule has 6 nitrogen and oxygen atoms in total. The summed E-state index contributed by atoms with van der Waals surface area (Å²) >= 11 is 0. The van der Waals surface area contributed by atoms with Crippen molar-refractivity contribution >= 4 is 11.9 Å². The number of rotatable bonds is 2. The Balaban J connectivity index is 0.000000631. The van der Waals surface area contributed by atoms with Gasteiger partial charge in [-0.25, -0.2) is 4.79 Å². The minimum atomic E-state index is -1.08. The summed E-state index contributed by atoms with van der Waals surface area (Å²) in [6.07, 6.45) is 1.66. The van der Waals surface area contributed by atoms with Crippen molar-refractivity contribution in [1.29, 1.82) is 0 Å². The van der Waals surface area contributed by atoms with Crippen LogP contribution in [0.1, 0.15) is 25.1 Å². The molecule has 6 heteroatoms. The van der Waals surface area contributed by atoms with E-state index in [4.69, 9.17) is 19.5 Å². The molecule has 1 rings (SSSR count). The predicted molar refractivity (Wildman–Crippen MR) is 60.6 cm³/mol. The fourth-order valence-corrected chi connectivity index (χ4v) is 1.17. The molecule has 1 aromatic heterocycles. The van der Waals surface area contributed by atoms with Crippen molar-refractivity contribution in [3.8, 4) is 5.75 Å². The van der Waals surface area contributed by atoms with Crippen LogP contribution in [0.3, 0.4) is 0 Å². The van der Waals surface area contributed by atoms with E-state index in [1.165, 1.54) is 11.7 Å². The number of carbonyl (C=O) groups is 2. The molecule has 0 aliphatic rings. The number of aromatic nitrogens is 1. The van der Waals surface area contributed by atoms with Crippen LogP contribution in [0.25, 0.3) is 0 Å². The molecular formula is C12H17NO5. The first kappa shape index (κ1) is 15.9. The Morgan fingerprint density at radius 2 is 1.78 bits per heavy atom. The molecule has 0 bridgehead atoms. The van der Waals surface area contributed by atoms with Crippen molar-refractivity contribution in [2.45, 2.75) is 27.7 Å². The summed E-state index contributed by atoms with van der Waals surface area (Å²) in [5.74, 6) is -0.645. The summed E-state index contributed by atoms with van der Waals surface area (Å²) in [4.78, 5) is 24.6. The normalized spacial score (nSPS) is 8.94. The van der Waals surface area contributed by atoms with Crippen molar-refractivity contribution in [2.24, 2.45) is 0 Å². The van der Waals surface area contributed by atoms with E-state index in [1.807, 2.05) is 13.8 Å². The van der Waals surface area contributed by atoms with Crippen LogP contribution in [0.5, 0.6) is 5.75 Å². The molecule has 0 atom stereocenters. The fourth-order valence-electron chi connectivity index (χ4n) is 1.17. The number of hydrogen-bond acceptors (Lipinski definition) is 5. The van der Waals surface area contributed by atoms with Gasteiger partial charge in [0.1, 0.15) is 5.75 Å². The van der Waals surface area contributed by atoms with Gasteiger partial charge in [0.25, 0.3) is 0 Å². The third-order valence-electron chi connectivity index (χ3n) is 2.05. The minimum absolute atomic E-state index is 0.345. The van der Waals surface area contributed by atoms with Crippen LogP contribution in [-0.4, -0.2) is 19.0 Å². The molecular weight excluding hydrogens is 238 g/mol. The Bertz CT molecular complexity index is 438. The summed E-state index contributed by atoms with van der Waals surface area (Å²) < 4.78 is 6.56. The second-order valence-corrected chi connectivity index (χ2v) is 3.49. The molecule has 0 radical (unpaired) electrons. The Kier molecular flexibility index (Phi) is 6.41. The zero-order valence-electron chi connectivity index (χ0n) is 11.1. The summed E-state index contributed by atoms with van der Waals surface area (Å²) in [5.41, 5.74) is 1.80. The fraction of sp³-hybridized carbons (Fsp3) is 0.417. The lowest BCUT2D eigenvalue weighted by Gasteiger charge is -2.04. The van der Waals surface area contributed by atoms with Crippen LogP contribution in [0.4, 0.5) is 0 Å². The molecule has 0 aromatic carbocycles. The zero-order chi connectivity index (χ0) is 14.3. The highest BCUT2D eigenvalue weighted by Gasteiger charge is 2.16. The highest BCUT2D eigenvalue weighted by atomic mass is 16.7. The maximum atomic E-state index is 10.8. The molecule has 0 aliphatic heterocycles. The lowest BCUT2D eigenvalue weighted by Crippen LogP contribution is -2.47. The van der Waals surface area contributed by atoms with Gasteiger partial charge in [0.2, 0.25) is 11.9 Å². The average molecular weight is 255 g/mol. The number of carboxylic acids is 1. The van der Waals surface area contributed by atoms with Gasteiger partial charge in [0.15, 0.2) is 0 Å². The number of ether oxygens (including phenoxy) is 1. The molecule has 0 N–H and O–H groups in total. The quantitative estimate of drug-likeness (QED) is 0.655. The second-order valence-electron chi connectivity index (χ2n) is 3.49. The summed E-state index contributed by atoms with van der Waals surface area (Å²) in [7, 11) is 1.61. The summed E-state index contributed by atoms with van der Waals surface area (Å²) in [6, 6.07) is 1.76. The molecule has 0 saturated carbocycles. The molecule has 0 unspecified atom stereocenters. The largest absolute Gasteiger partial charge is 0.550 e. The lowest BCUT2D eigenvalue weighted by atomic mass is 10.2. The Morgan fingerprint density at radius 3 is 2.17 bits per heavy atom. The number of methoxy groups -OCH3 is 1. The average Bonchev–Trinajstić information content (AvgIpc) is 2.24. The zero-order valence-corrected chi connectivity index (χ0v) is 11.1. The third-order valence-corrected chi connectivity index (χ3v) is 2.05. The maximum absolute atomic E-state index is 10.8. The Hall–Kier alpha value is -2.11. The molecule has 1 aromatic rings. The predicted octanol–water partition coefficient (Wildman–Crippen LogP) is -0.669. The number of nitrogens with zero attached hydrogens (tertiary/aromatic N) is 1. The Labute approximate surface area is 106 Å². The van der Waals surface area contributed by atoms with E-state index in [0.717, 1.165) is 23.9 Å². The van der Waals surface area contributed by atoms with Crippen LogP contribution < -0.4 is 19.4 Å². The number of pyridine rings is 1. The van der Waals surface area contributed by atoms with Gasteiger partial charge in [-0.15, -0.1) is 0 Å². The van der Waals surface area contributed by atoms with E-state index in [0.29, 0.717) is 0 Å². The van der Waals surface area contributed by atoms with E-state index >= 15 is 0 Å². The number of hydrogen-bond donors (Lipinski definition) is 0. The van der Waals surface area contributed by atoms with Crippen molar-refractivity contribution < 1.29 is 29.0 Å². The first-order chi connectivity index (χ1) is 8.29. The highest BCUT2D eigenvalue weighted by molar-refractivity contribution is 5.65. The number of carboxylic acid groups (broad SMARTS) is 1. The van der Waals surface area contributed by atoms with Crippen LogP contribution in [0, 0.1) is 13.8 Å². The van der Waals surface area contributed by atoms with Crippen molar-refractivity contribution in [2.75, 3.05) is 7.11 Å². The first-order valence-electron chi connectivity index (χ1n) is 5.22. The van der Waals surface area contributed by atoms with Gasteiger partial charge in [-0.3, -0.25) is 0 Å². The van der Waals surface area contributed by atoms with Crippen LogP contribution in [0.2, 0.25) is 0 Å². The number of carbonyl (C=O) groups excluding carboxylic acids is 2. The van der Waals surface area contributed by atoms with Gasteiger partial charge in [-0.1, -0.05) is 0 Å². The van der Waals surface area contributed by atoms with Gasteiger partial charge < -0.3 is 14.6 Å². The smallest absolute Gasteiger partial charge is 0.377 e. The second kappa shape index (κ2) is 7.26. The van der Waals surface area contributed by atoms with Crippen LogP contribution >= 0.6 is 0 Å². The van der Waals surface area contributed by atoms with Crippen LogP contribution in [-0.2, 0) is 9.59 Å². The van der Waals surface area contributed by atoms with E-state index in [9.17, 15) is 4.79 Å². The topological polar surface area (TPSA) is 79.5 Å². The molecule has 0 spiro atoms. The highest BCUT2D eigenvalue weighted by Crippen LogP contribution is 2.16. The number of aliphatic carboxylic acids is 1. The van der Waals surface area contributed by atoms with E-state index < -0.39 is 5.97 Å². The summed E-state index contributed by atoms with van der Waals surface area (Å²) in [6.45, 7) is 6.11.